The van der Waals surface area contributed by atoms with Crippen LogP contribution in [0, 0.1) is 11.3 Å². The van der Waals surface area contributed by atoms with E-state index in [4.69, 9.17) is 16.6 Å². The molecule has 0 amide bonds. The van der Waals surface area contributed by atoms with Crippen molar-refractivity contribution in [2.45, 2.75) is 72.1 Å². The first-order chi connectivity index (χ1) is 9.40. The lowest BCUT2D eigenvalue weighted by Gasteiger charge is -2.36. The van der Waals surface area contributed by atoms with E-state index in [0.29, 0.717) is 16.5 Å². The topological polar surface area (TPSA) is 25.8 Å². The summed E-state index contributed by atoms with van der Waals surface area (Å²) in [6.45, 7) is 9.23. The van der Waals surface area contributed by atoms with Crippen LogP contribution in [0.25, 0.3) is 0 Å². The van der Waals surface area contributed by atoms with Gasteiger partial charge < -0.3 is 0 Å². The summed E-state index contributed by atoms with van der Waals surface area (Å²) in [6, 6.07) is 1.91. The molecule has 1 aliphatic rings. The molecule has 0 spiro atoms. The monoisotopic (exact) mass is 294 g/mol. The first-order valence-corrected chi connectivity index (χ1v) is 8.31. The quantitative estimate of drug-likeness (QED) is 0.697. The minimum absolute atomic E-state index is 0.424. The average Bonchev–Trinajstić information content (AvgIpc) is 2.37. The molecular formula is C17H27ClN2. The standard InChI is InChI=1S/C17H27ClN2/c1-5-6-14-11-15(18)20-16(19-14)12-7-9-13(10-8-12)17(2,3)4/h11-13H,5-10H2,1-4H3. The number of aromatic nitrogens is 2. The molecular weight excluding hydrogens is 268 g/mol. The lowest BCUT2D eigenvalue weighted by Crippen LogP contribution is -2.26. The molecule has 0 unspecified atom stereocenters. The Morgan fingerprint density at radius 3 is 2.35 bits per heavy atom. The van der Waals surface area contributed by atoms with Gasteiger partial charge in [0.25, 0.3) is 0 Å². The number of nitrogens with zero attached hydrogens (tertiary/aromatic N) is 2. The van der Waals surface area contributed by atoms with Crippen molar-refractivity contribution in [1.29, 1.82) is 0 Å². The van der Waals surface area contributed by atoms with Crippen LogP contribution in [0.1, 0.15) is 77.2 Å². The van der Waals surface area contributed by atoms with E-state index in [1.165, 1.54) is 25.7 Å². The minimum atomic E-state index is 0.424. The minimum Gasteiger partial charge on any atom is -0.238 e. The molecule has 1 fully saturated rings. The molecule has 1 aromatic rings. The van der Waals surface area contributed by atoms with Gasteiger partial charge >= 0.3 is 0 Å². The molecule has 0 aliphatic heterocycles. The summed E-state index contributed by atoms with van der Waals surface area (Å²) >= 11 is 6.16. The number of halogens is 1. The molecule has 0 radical (unpaired) electrons. The molecule has 1 aliphatic carbocycles. The lowest BCUT2D eigenvalue weighted by molar-refractivity contribution is 0.167. The second kappa shape index (κ2) is 6.43. The number of aryl methyl sites for hydroxylation is 1. The summed E-state index contributed by atoms with van der Waals surface area (Å²) < 4.78 is 0. The summed E-state index contributed by atoms with van der Waals surface area (Å²) in [5, 5.41) is 0.608. The molecule has 0 aromatic carbocycles. The van der Waals surface area contributed by atoms with Crippen molar-refractivity contribution < 1.29 is 0 Å². The number of hydrogen-bond donors (Lipinski definition) is 0. The molecule has 1 heterocycles. The van der Waals surface area contributed by atoms with Crippen molar-refractivity contribution in [2.75, 3.05) is 0 Å². The fraction of sp³-hybridized carbons (Fsp3) is 0.765. The largest absolute Gasteiger partial charge is 0.238 e. The van der Waals surface area contributed by atoms with Gasteiger partial charge in [-0.2, -0.15) is 0 Å². The van der Waals surface area contributed by atoms with Gasteiger partial charge in [-0.3, -0.25) is 0 Å². The fourth-order valence-electron chi connectivity index (χ4n) is 3.27. The molecule has 0 N–H and O–H groups in total. The summed E-state index contributed by atoms with van der Waals surface area (Å²) in [4.78, 5) is 9.22. The van der Waals surface area contributed by atoms with Crippen LogP contribution in [0.5, 0.6) is 0 Å². The van der Waals surface area contributed by atoms with Crippen molar-refractivity contribution in [3.05, 3.63) is 22.7 Å². The normalized spacial score (nSPS) is 23.9. The van der Waals surface area contributed by atoms with Crippen LogP contribution in [0.4, 0.5) is 0 Å². The molecule has 1 aromatic heterocycles. The van der Waals surface area contributed by atoms with Crippen molar-refractivity contribution in [3.63, 3.8) is 0 Å². The van der Waals surface area contributed by atoms with Crippen molar-refractivity contribution in [1.82, 2.24) is 9.97 Å². The molecule has 2 nitrogen and oxygen atoms in total. The van der Waals surface area contributed by atoms with Crippen LogP contribution in [0.3, 0.4) is 0 Å². The third-order valence-electron chi connectivity index (χ3n) is 4.59. The van der Waals surface area contributed by atoms with Crippen LogP contribution in [0.15, 0.2) is 6.07 Å². The molecule has 112 valence electrons. The zero-order valence-corrected chi connectivity index (χ0v) is 14.0. The molecule has 3 heteroatoms. The summed E-state index contributed by atoms with van der Waals surface area (Å²) in [6.07, 6.45) is 7.07. The summed E-state index contributed by atoms with van der Waals surface area (Å²) in [7, 11) is 0. The smallest absolute Gasteiger partial charge is 0.133 e. The molecule has 0 atom stereocenters. The van der Waals surface area contributed by atoms with Gasteiger partial charge in [0.2, 0.25) is 0 Å². The van der Waals surface area contributed by atoms with Gasteiger partial charge in [-0.1, -0.05) is 45.7 Å². The highest BCUT2D eigenvalue weighted by atomic mass is 35.5. The van der Waals surface area contributed by atoms with Crippen LogP contribution in [0.2, 0.25) is 5.15 Å². The van der Waals surface area contributed by atoms with E-state index in [0.717, 1.165) is 30.3 Å². The third kappa shape index (κ3) is 3.94. The number of rotatable bonds is 3. The second-order valence-electron chi connectivity index (χ2n) is 7.20. The Kier molecular flexibility index (Phi) is 5.06. The van der Waals surface area contributed by atoms with E-state index in [1.54, 1.807) is 0 Å². The highest BCUT2D eigenvalue weighted by Crippen LogP contribution is 2.42. The Balaban J connectivity index is 2.07. The van der Waals surface area contributed by atoms with E-state index >= 15 is 0 Å². The summed E-state index contributed by atoms with van der Waals surface area (Å²) in [5.74, 6) is 2.31. The van der Waals surface area contributed by atoms with Crippen LogP contribution in [-0.4, -0.2) is 9.97 Å². The van der Waals surface area contributed by atoms with Crippen LogP contribution in [-0.2, 0) is 6.42 Å². The van der Waals surface area contributed by atoms with Crippen molar-refractivity contribution >= 4 is 11.6 Å². The molecule has 1 saturated carbocycles. The van der Waals surface area contributed by atoms with E-state index in [2.05, 4.69) is 32.7 Å². The van der Waals surface area contributed by atoms with Crippen molar-refractivity contribution in [3.8, 4) is 0 Å². The van der Waals surface area contributed by atoms with E-state index in [1.807, 2.05) is 6.07 Å². The van der Waals surface area contributed by atoms with Gasteiger partial charge in [-0.25, -0.2) is 9.97 Å². The van der Waals surface area contributed by atoms with E-state index < -0.39 is 0 Å². The molecule has 20 heavy (non-hydrogen) atoms. The SMILES string of the molecule is CCCc1cc(Cl)nc(C2CCC(C(C)(C)C)CC2)n1. The predicted octanol–water partition coefficient (Wildman–Crippen LogP) is 5.40. The maximum atomic E-state index is 6.16. The Labute approximate surface area is 128 Å². The predicted molar refractivity (Wildman–Crippen MR) is 85.2 cm³/mol. The first-order valence-electron chi connectivity index (χ1n) is 7.93. The van der Waals surface area contributed by atoms with Gasteiger partial charge in [0.15, 0.2) is 0 Å². The second-order valence-corrected chi connectivity index (χ2v) is 7.59. The van der Waals surface area contributed by atoms with Gasteiger partial charge in [-0.05, 0) is 49.5 Å². The van der Waals surface area contributed by atoms with E-state index in [-0.39, 0.29) is 0 Å². The number of hydrogen-bond acceptors (Lipinski definition) is 2. The Morgan fingerprint density at radius 2 is 1.80 bits per heavy atom. The third-order valence-corrected chi connectivity index (χ3v) is 4.78. The average molecular weight is 295 g/mol. The molecule has 2 rings (SSSR count). The fourth-order valence-corrected chi connectivity index (χ4v) is 3.48. The Bertz CT molecular complexity index is 443. The Hall–Kier alpha value is -0.630. The lowest BCUT2D eigenvalue weighted by atomic mass is 9.69. The van der Waals surface area contributed by atoms with Gasteiger partial charge in [0.05, 0.1) is 0 Å². The maximum absolute atomic E-state index is 6.16. The highest BCUT2D eigenvalue weighted by Gasteiger charge is 2.31. The molecule has 0 bridgehead atoms. The maximum Gasteiger partial charge on any atom is 0.133 e. The first kappa shape index (κ1) is 15.8. The molecule has 0 saturated heterocycles. The van der Waals surface area contributed by atoms with Gasteiger partial charge in [-0.15, -0.1) is 0 Å². The van der Waals surface area contributed by atoms with Crippen molar-refractivity contribution in [2.24, 2.45) is 11.3 Å². The van der Waals surface area contributed by atoms with Crippen LogP contribution < -0.4 is 0 Å². The van der Waals surface area contributed by atoms with Gasteiger partial charge in [0.1, 0.15) is 11.0 Å². The highest BCUT2D eigenvalue weighted by molar-refractivity contribution is 6.29. The Morgan fingerprint density at radius 1 is 1.15 bits per heavy atom. The zero-order valence-electron chi connectivity index (χ0n) is 13.2. The zero-order chi connectivity index (χ0) is 14.8. The van der Waals surface area contributed by atoms with Crippen LogP contribution >= 0.6 is 11.6 Å². The van der Waals surface area contributed by atoms with Gasteiger partial charge in [0, 0.05) is 11.6 Å². The summed E-state index contributed by atoms with van der Waals surface area (Å²) in [5.41, 5.74) is 1.52. The van der Waals surface area contributed by atoms with E-state index in [9.17, 15) is 0 Å².